The van der Waals surface area contributed by atoms with Gasteiger partial charge in [-0.3, -0.25) is 9.79 Å². The van der Waals surface area contributed by atoms with Crippen LogP contribution >= 0.6 is 0 Å². The maximum absolute atomic E-state index is 12.3. The fraction of sp³-hybridized carbons (Fsp3) is 0.211. The van der Waals surface area contributed by atoms with Crippen molar-refractivity contribution in [3.63, 3.8) is 0 Å². The van der Waals surface area contributed by atoms with Crippen molar-refractivity contribution in [3.05, 3.63) is 65.7 Å². The third kappa shape index (κ3) is 4.23. The van der Waals surface area contributed by atoms with Crippen LogP contribution in [0.4, 0.5) is 5.69 Å². The van der Waals surface area contributed by atoms with Crippen molar-refractivity contribution in [1.29, 1.82) is 0 Å². The number of carbonyl (C=O) groups excluding carboxylic acids is 1. The van der Waals surface area contributed by atoms with E-state index in [1.165, 1.54) is 18.3 Å². The van der Waals surface area contributed by atoms with Crippen molar-refractivity contribution in [2.75, 3.05) is 25.0 Å². The van der Waals surface area contributed by atoms with Gasteiger partial charge in [0.1, 0.15) is 11.1 Å². The molecule has 2 rings (SSSR count). The molecular weight excluding hydrogens is 318 g/mol. The highest BCUT2D eigenvalue weighted by atomic mass is 16.4. The van der Waals surface area contributed by atoms with Gasteiger partial charge in [0, 0.05) is 36.9 Å². The summed E-state index contributed by atoms with van der Waals surface area (Å²) in [5, 5.41) is 3.30. The van der Waals surface area contributed by atoms with Crippen LogP contribution in [0.5, 0.6) is 0 Å². The zero-order valence-electron chi connectivity index (χ0n) is 14.4. The maximum Gasteiger partial charge on any atom is 0.349 e. The third-order valence-electron chi connectivity index (χ3n) is 3.80. The average Bonchev–Trinajstić information content (AvgIpc) is 2.63. The van der Waals surface area contributed by atoms with E-state index in [-0.39, 0.29) is 12.1 Å². The number of aliphatic imine (C=N–C) groups is 1. The first-order valence-corrected chi connectivity index (χ1v) is 7.87. The van der Waals surface area contributed by atoms with Crippen LogP contribution in [0.15, 0.2) is 63.9 Å². The molecule has 0 radical (unpaired) electrons. The van der Waals surface area contributed by atoms with Gasteiger partial charge in [-0.15, -0.1) is 0 Å². The van der Waals surface area contributed by atoms with Gasteiger partial charge in [0.05, 0.1) is 12.3 Å². The van der Waals surface area contributed by atoms with Crippen LogP contribution in [0.2, 0.25) is 0 Å². The Balaban J connectivity index is 2.30. The highest BCUT2D eigenvalue weighted by Crippen LogP contribution is 2.21. The predicted octanol–water partition coefficient (Wildman–Crippen LogP) is 2.75. The largest absolute Gasteiger partial charge is 0.422 e. The van der Waals surface area contributed by atoms with Crippen LogP contribution in [-0.4, -0.2) is 31.8 Å². The SMILES string of the molecule is C=CN=C(C=C)CNC(=O)c1cc2ccc(N(C)CC)cc2oc1=O. The fourth-order valence-corrected chi connectivity index (χ4v) is 2.23. The highest BCUT2D eigenvalue weighted by molar-refractivity contribution is 6.02. The Morgan fingerprint density at radius 2 is 2.12 bits per heavy atom. The molecule has 0 fully saturated rings. The predicted molar refractivity (Wildman–Crippen MR) is 102 cm³/mol. The monoisotopic (exact) mass is 339 g/mol. The Hall–Kier alpha value is -3.15. The number of hydrogen-bond acceptors (Lipinski definition) is 5. The molecule has 0 unspecified atom stereocenters. The molecule has 0 saturated carbocycles. The van der Waals surface area contributed by atoms with Gasteiger partial charge < -0.3 is 14.6 Å². The molecule has 1 aromatic heterocycles. The zero-order chi connectivity index (χ0) is 18.4. The van der Waals surface area contributed by atoms with Crippen molar-refractivity contribution in [3.8, 4) is 0 Å². The van der Waals surface area contributed by atoms with Crippen LogP contribution in [0.3, 0.4) is 0 Å². The molecule has 1 heterocycles. The van der Waals surface area contributed by atoms with Gasteiger partial charge in [-0.1, -0.05) is 13.2 Å². The summed E-state index contributed by atoms with van der Waals surface area (Å²) in [6.45, 7) is 10.1. The van der Waals surface area contributed by atoms with E-state index in [0.29, 0.717) is 16.7 Å². The van der Waals surface area contributed by atoms with E-state index in [0.717, 1.165) is 12.2 Å². The van der Waals surface area contributed by atoms with Gasteiger partial charge in [-0.2, -0.15) is 0 Å². The summed E-state index contributed by atoms with van der Waals surface area (Å²) >= 11 is 0. The number of nitrogens with zero attached hydrogens (tertiary/aromatic N) is 2. The number of fused-ring (bicyclic) bond motifs is 1. The van der Waals surface area contributed by atoms with E-state index in [9.17, 15) is 9.59 Å². The molecule has 0 atom stereocenters. The van der Waals surface area contributed by atoms with E-state index in [4.69, 9.17) is 4.42 Å². The van der Waals surface area contributed by atoms with Crippen LogP contribution in [0.25, 0.3) is 11.0 Å². The van der Waals surface area contributed by atoms with Gasteiger partial charge in [-0.25, -0.2) is 4.79 Å². The smallest absolute Gasteiger partial charge is 0.349 e. The van der Waals surface area contributed by atoms with Crippen molar-refractivity contribution in [2.24, 2.45) is 4.99 Å². The lowest BCUT2D eigenvalue weighted by atomic mass is 10.1. The molecule has 1 N–H and O–H groups in total. The second kappa shape index (κ2) is 8.10. The summed E-state index contributed by atoms with van der Waals surface area (Å²) in [7, 11) is 1.95. The average molecular weight is 339 g/mol. The van der Waals surface area contributed by atoms with Gasteiger partial charge >= 0.3 is 5.63 Å². The summed E-state index contributed by atoms with van der Waals surface area (Å²) in [6, 6.07) is 7.06. The Morgan fingerprint density at radius 1 is 1.36 bits per heavy atom. The second-order valence-electron chi connectivity index (χ2n) is 5.37. The van der Waals surface area contributed by atoms with Gasteiger partial charge in [0.15, 0.2) is 0 Å². The zero-order valence-corrected chi connectivity index (χ0v) is 14.4. The van der Waals surface area contributed by atoms with Crippen LogP contribution in [0.1, 0.15) is 17.3 Å². The van der Waals surface area contributed by atoms with E-state index < -0.39 is 11.5 Å². The normalized spacial score (nSPS) is 11.2. The molecule has 0 aliphatic rings. The maximum atomic E-state index is 12.3. The molecule has 0 aliphatic heterocycles. The summed E-state index contributed by atoms with van der Waals surface area (Å²) < 4.78 is 5.32. The molecule has 0 bridgehead atoms. The van der Waals surface area contributed by atoms with Crippen molar-refractivity contribution in [1.82, 2.24) is 5.32 Å². The summed E-state index contributed by atoms with van der Waals surface area (Å²) in [4.78, 5) is 30.4. The lowest BCUT2D eigenvalue weighted by molar-refractivity contribution is 0.0956. The molecule has 1 aromatic carbocycles. The fourth-order valence-electron chi connectivity index (χ4n) is 2.23. The minimum absolute atomic E-state index is 0.0499. The molecule has 6 nitrogen and oxygen atoms in total. The summed E-state index contributed by atoms with van der Waals surface area (Å²) in [6.07, 6.45) is 2.87. The Bertz CT molecular complexity index is 896. The van der Waals surface area contributed by atoms with Crippen LogP contribution < -0.4 is 15.8 Å². The number of anilines is 1. The standard InChI is InChI=1S/C19H21N3O3/c1-5-14(20-6-2)12-21-18(23)16-10-13-8-9-15(22(4)7-3)11-17(13)25-19(16)24/h5-6,8-11H,1-2,7,12H2,3-4H3,(H,21,23). The lowest BCUT2D eigenvalue weighted by Crippen LogP contribution is -2.32. The minimum atomic E-state index is -0.679. The van der Waals surface area contributed by atoms with E-state index in [1.807, 2.05) is 31.0 Å². The summed E-state index contributed by atoms with van der Waals surface area (Å²) in [5.74, 6) is -0.524. The van der Waals surface area contributed by atoms with E-state index in [2.05, 4.69) is 23.5 Å². The van der Waals surface area contributed by atoms with E-state index in [1.54, 1.807) is 6.07 Å². The van der Waals surface area contributed by atoms with Crippen molar-refractivity contribution < 1.29 is 9.21 Å². The first-order chi connectivity index (χ1) is 12.0. The number of hydrogen-bond donors (Lipinski definition) is 1. The first-order valence-electron chi connectivity index (χ1n) is 7.87. The molecule has 6 heteroatoms. The van der Waals surface area contributed by atoms with Gasteiger partial charge in [-0.05, 0) is 31.2 Å². The number of amides is 1. The van der Waals surface area contributed by atoms with Crippen molar-refractivity contribution in [2.45, 2.75) is 6.92 Å². The van der Waals surface area contributed by atoms with Gasteiger partial charge in [0.2, 0.25) is 0 Å². The van der Waals surface area contributed by atoms with Crippen LogP contribution in [-0.2, 0) is 0 Å². The number of nitrogens with one attached hydrogen (secondary N) is 1. The third-order valence-corrected chi connectivity index (χ3v) is 3.80. The van der Waals surface area contributed by atoms with Gasteiger partial charge in [0.25, 0.3) is 5.91 Å². The molecule has 0 spiro atoms. The molecular formula is C19H21N3O3. The molecule has 130 valence electrons. The molecule has 0 saturated heterocycles. The molecule has 2 aromatic rings. The van der Waals surface area contributed by atoms with E-state index >= 15 is 0 Å². The van der Waals surface area contributed by atoms with Crippen LogP contribution in [0, 0.1) is 0 Å². The Labute approximate surface area is 146 Å². The number of rotatable bonds is 7. The number of benzene rings is 1. The second-order valence-corrected chi connectivity index (χ2v) is 5.37. The quantitative estimate of drug-likeness (QED) is 0.622. The Kier molecular flexibility index (Phi) is 5.89. The lowest BCUT2D eigenvalue weighted by Gasteiger charge is -2.16. The molecule has 25 heavy (non-hydrogen) atoms. The molecule has 1 amide bonds. The highest BCUT2D eigenvalue weighted by Gasteiger charge is 2.14. The van der Waals surface area contributed by atoms with Crippen molar-refractivity contribution >= 4 is 28.3 Å². The Morgan fingerprint density at radius 3 is 2.76 bits per heavy atom. The topological polar surface area (TPSA) is 74.9 Å². The molecule has 0 aliphatic carbocycles. The first kappa shape index (κ1) is 18.2. The minimum Gasteiger partial charge on any atom is -0.422 e. The number of carbonyl (C=O) groups is 1. The summed E-state index contributed by atoms with van der Waals surface area (Å²) in [5.41, 5.74) is 1.19.